The second kappa shape index (κ2) is 9.67. The van der Waals surface area contributed by atoms with Gasteiger partial charge in [-0.15, -0.1) is 0 Å². The number of nitrogens with zero attached hydrogens (tertiary/aromatic N) is 4. The average Bonchev–Trinajstić information content (AvgIpc) is 3.24. The van der Waals surface area contributed by atoms with Crippen LogP contribution >= 0.6 is 0 Å². The molecule has 0 bridgehead atoms. The molecular weight excluding hydrogens is 364 g/mol. The predicted molar refractivity (Wildman–Crippen MR) is 112 cm³/mol. The lowest BCUT2D eigenvalue weighted by atomic mass is 10.1. The molecule has 0 amide bonds. The molecule has 1 saturated heterocycles. The largest absolute Gasteiger partial charge is 0.492 e. The number of rotatable bonds is 8. The number of hydrogen-bond acceptors (Lipinski definition) is 6. The van der Waals surface area contributed by atoms with E-state index in [-0.39, 0.29) is 6.04 Å². The Labute approximate surface area is 172 Å². The summed E-state index contributed by atoms with van der Waals surface area (Å²) in [7, 11) is 0. The maximum Gasteiger partial charge on any atom is 0.243 e. The second-order valence-corrected chi connectivity index (χ2v) is 7.43. The molecular formula is C23H28N4O2. The van der Waals surface area contributed by atoms with Crippen LogP contribution in [0.3, 0.4) is 0 Å². The maximum absolute atomic E-state index is 5.82. The number of para-hydroxylation sites is 1. The normalized spacial score (nSPS) is 16.6. The van der Waals surface area contributed by atoms with Crippen LogP contribution in [0.15, 0.2) is 65.2 Å². The van der Waals surface area contributed by atoms with E-state index in [1.54, 1.807) is 0 Å². The Kier molecular flexibility index (Phi) is 6.54. The summed E-state index contributed by atoms with van der Waals surface area (Å²) in [4.78, 5) is 9.49. The number of ether oxygens (including phenoxy) is 1. The highest BCUT2D eigenvalue weighted by molar-refractivity contribution is 5.21. The first-order chi connectivity index (χ1) is 14.3. The van der Waals surface area contributed by atoms with Crippen molar-refractivity contribution < 1.29 is 9.26 Å². The Morgan fingerprint density at radius 1 is 0.966 bits per heavy atom. The molecule has 152 valence electrons. The van der Waals surface area contributed by atoms with E-state index in [9.17, 15) is 0 Å². The van der Waals surface area contributed by atoms with Crippen molar-refractivity contribution in [3.8, 4) is 5.75 Å². The number of benzene rings is 2. The molecule has 0 spiro atoms. The molecule has 2 heterocycles. The van der Waals surface area contributed by atoms with Crippen LogP contribution in [-0.4, -0.2) is 59.3 Å². The summed E-state index contributed by atoms with van der Waals surface area (Å²) in [5, 5.41) is 4.17. The van der Waals surface area contributed by atoms with E-state index in [1.165, 1.54) is 5.56 Å². The Bertz CT molecular complexity index is 861. The van der Waals surface area contributed by atoms with Crippen molar-refractivity contribution in [2.24, 2.45) is 0 Å². The summed E-state index contributed by atoms with van der Waals surface area (Å²) in [5.41, 5.74) is 1.19. The minimum Gasteiger partial charge on any atom is -0.492 e. The Morgan fingerprint density at radius 2 is 1.66 bits per heavy atom. The second-order valence-electron chi connectivity index (χ2n) is 7.43. The van der Waals surface area contributed by atoms with Crippen LogP contribution in [0.5, 0.6) is 5.75 Å². The van der Waals surface area contributed by atoms with Gasteiger partial charge in [-0.3, -0.25) is 9.80 Å². The Morgan fingerprint density at radius 3 is 2.38 bits per heavy atom. The molecule has 4 rings (SSSR count). The van der Waals surface area contributed by atoms with Gasteiger partial charge in [0.1, 0.15) is 12.4 Å². The first-order valence-electron chi connectivity index (χ1n) is 10.3. The minimum absolute atomic E-state index is 0.134. The molecule has 3 aromatic rings. The van der Waals surface area contributed by atoms with Crippen molar-refractivity contribution in [3.05, 3.63) is 77.9 Å². The van der Waals surface area contributed by atoms with Crippen molar-refractivity contribution in [1.82, 2.24) is 19.9 Å². The molecule has 0 saturated carbocycles. The lowest BCUT2D eigenvalue weighted by molar-refractivity contribution is 0.0800. The van der Waals surface area contributed by atoms with Crippen molar-refractivity contribution in [2.75, 3.05) is 39.3 Å². The molecule has 1 aliphatic heterocycles. The van der Waals surface area contributed by atoms with Crippen LogP contribution in [0.1, 0.15) is 30.2 Å². The predicted octanol–water partition coefficient (Wildman–Crippen LogP) is 3.42. The fourth-order valence-electron chi connectivity index (χ4n) is 3.63. The quantitative estimate of drug-likeness (QED) is 0.586. The highest BCUT2D eigenvalue weighted by Gasteiger charge is 2.25. The fourth-order valence-corrected chi connectivity index (χ4v) is 3.63. The molecule has 6 nitrogen and oxygen atoms in total. The van der Waals surface area contributed by atoms with Gasteiger partial charge < -0.3 is 9.26 Å². The minimum atomic E-state index is 0.134. The third-order valence-corrected chi connectivity index (χ3v) is 5.42. The lowest BCUT2D eigenvalue weighted by Crippen LogP contribution is -2.48. The van der Waals surface area contributed by atoms with E-state index in [0.717, 1.165) is 44.3 Å². The molecule has 1 aromatic heterocycles. The first-order valence-corrected chi connectivity index (χ1v) is 10.3. The summed E-state index contributed by atoms with van der Waals surface area (Å²) >= 11 is 0. The molecule has 0 radical (unpaired) electrons. The van der Waals surface area contributed by atoms with Crippen LogP contribution in [-0.2, 0) is 6.42 Å². The van der Waals surface area contributed by atoms with Gasteiger partial charge in [-0.2, -0.15) is 4.98 Å². The van der Waals surface area contributed by atoms with Crippen molar-refractivity contribution in [1.29, 1.82) is 0 Å². The van der Waals surface area contributed by atoms with E-state index >= 15 is 0 Å². The Balaban J connectivity index is 1.22. The van der Waals surface area contributed by atoms with Gasteiger partial charge in [0, 0.05) is 39.1 Å². The Hall–Kier alpha value is -2.70. The first kappa shape index (κ1) is 19.6. The number of hydrogen-bond donors (Lipinski definition) is 0. The average molecular weight is 393 g/mol. The van der Waals surface area contributed by atoms with Crippen LogP contribution < -0.4 is 4.74 Å². The summed E-state index contributed by atoms with van der Waals surface area (Å²) in [6, 6.07) is 20.4. The fraction of sp³-hybridized carbons (Fsp3) is 0.391. The van der Waals surface area contributed by atoms with Crippen molar-refractivity contribution in [2.45, 2.75) is 19.4 Å². The highest BCUT2D eigenvalue weighted by Crippen LogP contribution is 2.21. The lowest BCUT2D eigenvalue weighted by Gasteiger charge is -2.36. The van der Waals surface area contributed by atoms with Crippen molar-refractivity contribution in [3.63, 3.8) is 0 Å². The van der Waals surface area contributed by atoms with E-state index < -0.39 is 0 Å². The van der Waals surface area contributed by atoms with Crippen LogP contribution in [0.25, 0.3) is 0 Å². The zero-order valence-electron chi connectivity index (χ0n) is 16.9. The zero-order chi connectivity index (χ0) is 19.9. The summed E-state index contributed by atoms with van der Waals surface area (Å²) in [6.45, 7) is 7.83. The summed E-state index contributed by atoms with van der Waals surface area (Å²) < 4.78 is 11.4. The standard InChI is InChI=1S/C23H28N4O2/c1-19(23-24-22(25-29-23)18-20-8-4-2-5-9-20)27-14-12-26(13-15-27)16-17-28-21-10-6-3-7-11-21/h2-11,19H,12-18H2,1H3. The van der Waals surface area contributed by atoms with Gasteiger partial charge in [0.2, 0.25) is 5.89 Å². The monoisotopic (exact) mass is 392 g/mol. The molecule has 29 heavy (non-hydrogen) atoms. The van der Waals surface area contributed by atoms with E-state index in [1.807, 2.05) is 48.5 Å². The van der Waals surface area contributed by atoms with Crippen LogP contribution in [0.4, 0.5) is 0 Å². The van der Waals surface area contributed by atoms with Crippen LogP contribution in [0.2, 0.25) is 0 Å². The number of piperazine rings is 1. The summed E-state index contributed by atoms with van der Waals surface area (Å²) in [6.07, 6.45) is 0.701. The van der Waals surface area contributed by atoms with Gasteiger partial charge in [-0.1, -0.05) is 53.7 Å². The molecule has 1 atom stereocenters. The smallest absolute Gasteiger partial charge is 0.243 e. The summed E-state index contributed by atoms with van der Waals surface area (Å²) in [5.74, 6) is 2.38. The van der Waals surface area contributed by atoms with Gasteiger partial charge >= 0.3 is 0 Å². The third kappa shape index (κ3) is 5.43. The van der Waals surface area contributed by atoms with Gasteiger partial charge in [-0.05, 0) is 24.6 Å². The van der Waals surface area contributed by atoms with E-state index in [0.29, 0.717) is 18.9 Å². The molecule has 1 unspecified atom stereocenters. The molecule has 1 fully saturated rings. The van der Waals surface area contributed by atoms with Crippen molar-refractivity contribution >= 4 is 0 Å². The SMILES string of the molecule is CC(c1nc(Cc2ccccc2)no1)N1CCN(CCOc2ccccc2)CC1. The zero-order valence-corrected chi connectivity index (χ0v) is 16.9. The van der Waals surface area contributed by atoms with Gasteiger partial charge in [-0.25, -0.2) is 0 Å². The highest BCUT2D eigenvalue weighted by atomic mass is 16.5. The van der Waals surface area contributed by atoms with Gasteiger partial charge in [0.05, 0.1) is 6.04 Å². The van der Waals surface area contributed by atoms with Crippen LogP contribution in [0, 0.1) is 0 Å². The topological polar surface area (TPSA) is 54.6 Å². The molecule has 0 aliphatic carbocycles. The maximum atomic E-state index is 5.82. The molecule has 1 aliphatic rings. The molecule has 6 heteroatoms. The third-order valence-electron chi connectivity index (χ3n) is 5.42. The van der Waals surface area contributed by atoms with E-state index in [2.05, 4.69) is 39.0 Å². The number of aromatic nitrogens is 2. The molecule has 2 aromatic carbocycles. The van der Waals surface area contributed by atoms with E-state index in [4.69, 9.17) is 9.26 Å². The molecule has 0 N–H and O–H groups in total. The van der Waals surface area contributed by atoms with Gasteiger partial charge in [0.15, 0.2) is 5.82 Å². The van der Waals surface area contributed by atoms with Gasteiger partial charge in [0.25, 0.3) is 0 Å².